The molecule has 2 aromatic heterocycles. The van der Waals surface area contributed by atoms with Gasteiger partial charge in [0, 0.05) is 24.0 Å². The molecule has 8 heteroatoms. The summed E-state index contributed by atoms with van der Waals surface area (Å²) in [6.45, 7) is 4.39. The van der Waals surface area contributed by atoms with Crippen molar-refractivity contribution in [3.63, 3.8) is 0 Å². The highest BCUT2D eigenvalue weighted by molar-refractivity contribution is 7.10. The zero-order valence-corrected chi connectivity index (χ0v) is 15.1. The molecule has 0 fully saturated rings. The number of carbonyl (C=O) groups excluding carboxylic acids is 1. The number of nitrogens with two attached hydrogens (primary N) is 1. The van der Waals surface area contributed by atoms with Gasteiger partial charge in [-0.05, 0) is 30.9 Å². The fourth-order valence-electron chi connectivity index (χ4n) is 2.43. The van der Waals surface area contributed by atoms with Gasteiger partial charge in [-0.15, -0.1) is 11.3 Å². The third kappa shape index (κ3) is 4.27. The monoisotopic (exact) mass is 362 g/mol. The molecule has 0 aliphatic carbocycles. The Kier molecular flexibility index (Phi) is 6.35. The summed E-state index contributed by atoms with van der Waals surface area (Å²) in [7, 11) is 0. The second-order valence-corrected chi connectivity index (χ2v) is 6.41. The SMILES string of the molecule is CCCCn1c(N)c(N(CC)C(=O)C=Cc2cccs2)c(=O)[nH]c1=O. The predicted octanol–water partition coefficient (Wildman–Crippen LogP) is 2.05. The molecule has 0 bridgehead atoms. The summed E-state index contributed by atoms with van der Waals surface area (Å²) < 4.78 is 1.30. The Morgan fingerprint density at radius 1 is 1.40 bits per heavy atom. The molecule has 0 aliphatic rings. The van der Waals surface area contributed by atoms with Crippen molar-refractivity contribution in [2.24, 2.45) is 0 Å². The molecule has 0 saturated heterocycles. The first kappa shape index (κ1) is 18.7. The number of hydrogen-bond acceptors (Lipinski definition) is 5. The van der Waals surface area contributed by atoms with E-state index in [-0.39, 0.29) is 24.0 Å². The van der Waals surface area contributed by atoms with Gasteiger partial charge in [0.05, 0.1) is 0 Å². The molecule has 0 spiro atoms. The number of amides is 1. The van der Waals surface area contributed by atoms with Crippen LogP contribution in [-0.4, -0.2) is 22.0 Å². The highest BCUT2D eigenvalue weighted by Crippen LogP contribution is 2.18. The fourth-order valence-corrected chi connectivity index (χ4v) is 3.05. The number of nitrogen functional groups attached to an aromatic ring is 1. The smallest absolute Gasteiger partial charge is 0.330 e. The molecule has 0 aromatic carbocycles. The summed E-state index contributed by atoms with van der Waals surface area (Å²) in [5.41, 5.74) is 4.86. The van der Waals surface area contributed by atoms with Crippen LogP contribution < -0.4 is 21.9 Å². The maximum Gasteiger partial charge on any atom is 0.330 e. The highest BCUT2D eigenvalue weighted by Gasteiger charge is 2.21. The summed E-state index contributed by atoms with van der Waals surface area (Å²) >= 11 is 1.50. The molecule has 2 heterocycles. The number of thiophene rings is 1. The van der Waals surface area contributed by atoms with E-state index in [0.717, 1.165) is 17.7 Å². The van der Waals surface area contributed by atoms with E-state index in [1.807, 2.05) is 24.4 Å². The van der Waals surface area contributed by atoms with Crippen molar-refractivity contribution in [1.82, 2.24) is 9.55 Å². The second-order valence-electron chi connectivity index (χ2n) is 5.43. The minimum atomic E-state index is -0.657. The summed E-state index contributed by atoms with van der Waals surface area (Å²) in [5.74, 6) is -0.351. The normalized spacial score (nSPS) is 11.1. The van der Waals surface area contributed by atoms with E-state index in [9.17, 15) is 14.4 Å². The number of rotatable bonds is 7. The van der Waals surface area contributed by atoms with Gasteiger partial charge in [0.15, 0.2) is 5.69 Å². The zero-order chi connectivity index (χ0) is 18.4. The lowest BCUT2D eigenvalue weighted by Gasteiger charge is -2.21. The second kappa shape index (κ2) is 8.48. The lowest BCUT2D eigenvalue weighted by atomic mass is 10.3. The third-order valence-corrected chi connectivity index (χ3v) is 4.57. The van der Waals surface area contributed by atoms with Crippen LogP contribution in [0, 0.1) is 0 Å². The van der Waals surface area contributed by atoms with Crippen LogP contribution in [0.15, 0.2) is 33.2 Å². The Morgan fingerprint density at radius 2 is 2.16 bits per heavy atom. The van der Waals surface area contributed by atoms with Crippen molar-refractivity contribution in [3.8, 4) is 0 Å². The highest BCUT2D eigenvalue weighted by atomic mass is 32.1. The number of nitrogens with zero attached hydrogens (tertiary/aromatic N) is 2. The first-order valence-electron chi connectivity index (χ1n) is 8.15. The van der Waals surface area contributed by atoms with E-state index >= 15 is 0 Å². The Labute approximate surface area is 149 Å². The van der Waals surface area contributed by atoms with Crippen molar-refractivity contribution in [2.75, 3.05) is 17.2 Å². The number of likely N-dealkylation sites (N-methyl/N-ethyl adjacent to an activating group) is 1. The van der Waals surface area contributed by atoms with Gasteiger partial charge in [0.25, 0.3) is 11.5 Å². The molecule has 3 N–H and O–H groups in total. The minimum absolute atomic E-state index is 0.0130. The van der Waals surface area contributed by atoms with Crippen LogP contribution in [0.3, 0.4) is 0 Å². The van der Waals surface area contributed by atoms with Gasteiger partial charge in [-0.1, -0.05) is 19.4 Å². The number of hydrogen-bond donors (Lipinski definition) is 2. The quantitative estimate of drug-likeness (QED) is 0.736. The number of aromatic amines is 1. The lowest BCUT2D eigenvalue weighted by Crippen LogP contribution is -2.40. The van der Waals surface area contributed by atoms with E-state index in [2.05, 4.69) is 4.98 Å². The Balaban J connectivity index is 2.41. The predicted molar refractivity (Wildman–Crippen MR) is 102 cm³/mol. The van der Waals surface area contributed by atoms with Gasteiger partial charge in [0.1, 0.15) is 5.82 Å². The first-order valence-corrected chi connectivity index (χ1v) is 9.03. The third-order valence-electron chi connectivity index (χ3n) is 3.73. The van der Waals surface area contributed by atoms with Crippen molar-refractivity contribution >= 4 is 34.8 Å². The minimum Gasteiger partial charge on any atom is -0.383 e. The molecule has 7 nitrogen and oxygen atoms in total. The van der Waals surface area contributed by atoms with E-state index in [1.54, 1.807) is 13.0 Å². The molecule has 1 amide bonds. The van der Waals surface area contributed by atoms with Crippen LogP contribution in [0.25, 0.3) is 6.08 Å². The summed E-state index contributed by atoms with van der Waals surface area (Å²) in [6, 6.07) is 3.77. The Hall–Kier alpha value is -2.61. The Bertz CT molecular complexity index is 865. The van der Waals surface area contributed by atoms with Gasteiger partial charge in [-0.2, -0.15) is 0 Å². The summed E-state index contributed by atoms with van der Waals surface area (Å²) in [4.78, 5) is 41.2. The van der Waals surface area contributed by atoms with Gasteiger partial charge >= 0.3 is 5.69 Å². The molecule has 0 atom stereocenters. The van der Waals surface area contributed by atoms with Crippen LogP contribution >= 0.6 is 11.3 Å². The average molecular weight is 362 g/mol. The standard InChI is InChI=1S/C17H22N4O3S/c1-3-5-10-21-15(18)14(16(23)19-17(21)24)20(4-2)13(22)9-8-12-7-6-11-25-12/h6-9,11H,3-5,10,18H2,1-2H3,(H,19,23,24). The lowest BCUT2D eigenvalue weighted by molar-refractivity contribution is -0.114. The molecular formula is C17H22N4O3S. The van der Waals surface area contributed by atoms with Crippen LogP contribution in [0.2, 0.25) is 0 Å². The van der Waals surface area contributed by atoms with E-state index in [4.69, 9.17) is 5.73 Å². The fraction of sp³-hybridized carbons (Fsp3) is 0.353. The van der Waals surface area contributed by atoms with Crippen molar-refractivity contribution in [3.05, 3.63) is 49.3 Å². The van der Waals surface area contributed by atoms with Gasteiger partial charge in [-0.25, -0.2) is 4.79 Å². The number of aromatic nitrogens is 2. The molecule has 134 valence electrons. The average Bonchev–Trinajstić information content (AvgIpc) is 3.09. The molecule has 0 saturated carbocycles. The van der Waals surface area contributed by atoms with Crippen molar-refractivity contribution in [1.29, 1.82) is 0 Å². The van der Waals surface area contributed by atoms with Crippen LogP contribution in [0.5, 0.6) is 0 Å². The van der Waals surface area contributed by atoms with Crippen LogP contribution in [0.1, 0.15) is 31.6 Å². The first-order chi connectivity index (χ1) is 12.0. The van der Waals surface area contributed by atoms with E-state index in [0.29, 0.717) is 6.54 Å². The summed E-state index contributed by atoms with van der Waals surface area (Å²) in [6.07, 6.45) is 4.71. The zero-order valence-electron chi connectivity index (χ0n) is 14.3. The van der Waals surface area contributed by atoms with Crippen molar-refractivity contribution < 1.29 is 4.79 Å². The number of unbranched alkanes of at least 4 members (excludes halogenated alkanes) is 1. The maximum atomic E-state index is 12.5. The van der Waals surface area contributed by atoms with Gasteiger partial charge in [-0.3, -0.25) is 19.1 Å². The number of nitrogens with one attached hydrogen (secondary N) is 1. The van der Waals surface area contributed by atoms with E-state index < -0.39 is 11.2 Å². The largest absolute Gasteiger partial charge is 0.383 e. The van der Waals surface area contributed by atoms with Crippen LogP contribution in [0.4, 0.5) is 11.5 Å². The number of anilines is 2. The van der Waals surface area contributed by atoms with Gasteiger partial charge < -0.3 is 10.6 Å². The maximum absolute atomic E-state index is 12.5. The molecule has 0 unspecified atom stereocenters. The topological polar surface area (TPSA) is 101 Å². The van der Waals surface area contributed by atoms with Crippen LogP contribution in [-0.2, 0) is 11.3 Å². The number of carbonyl (C=O) groups is 1. The molecule has 0 aliphatic heterocycles. The van der Waals surface area contributed by atoms with Gasteiger partial charge in [0.2, 0.25) is 0 Å². The van der Waals surface area contributed by atoms with E-state index in [1.165, 1.54) is 26.9 Å². The van der Waals surface area contributed by atoms with Crippen molar-refractivity contribution in [2.45, 2.75) is 33.2 Å². The molecule has 25 heavy (non-hydrogen) atoms. The Morgan fingerprint density at radius 3 is 2.76 bits per heavy atom. The molecular weight excluding hydrogens is 340 g/mol. The molecule has 2 aromatic rings. The molecule has 2 rings (SSSR count). The summed E-state index contributed by atoms with van der Waals surface area (Å²) in [5, 5.41) is 1.91. The molecule has 0 radical (unpaired) electrons. The number of H-pyrrole nitrogens is 1.